The minimum absolute atomic E-state index is 0.416. The molecule has 130 valence electrons. The lowest BCUT2D eigenvalue weighted by molar-refractivity contribution is 0.112. The first-order chi connectivity index (χ1) is 12.6. The van der Waals surface area contributed by atoms with Crippen molar-refractivity contribution in [2.45, 2.75) is 6.54 Å². The van der Waals surface area contributed by atoms with Crippen LogP contribution in [0.1, 0.15) is 21.5 Å². The predicted octanol–water partition coefficient (Wildman–Crippen LogP) is 4.96. The van der Waals surface area contributed by atoms with E-state index in [9.17, 15) is 10.1 Å². The Kier molecular flexibility index (Phi) is 5.40. The number of hydrogen-bond donors (Lipinski definition) is 1. The highest BCUT2D eigenvalue weighted by molar-refractivity contribution is 9.10. The highest BCUT2D eigenvalue weighted by atomic mass is 79.9. The Morgan fingerprint density at radius 3 is 2.85 bits per heavy atom. The Bertz CT molecular complexity index is 1050. The van der Waals surface area contributed by atoms with Crippen LogP contribution in [0.3, 0.4) is 0 Å². The number of hydrogen-bond acceptors (Lipinski definition) is 5. The summed E-state index contributed by atoms with van der Waals surface area (Å²) in [7, 11) is 1.56. The third-order valence-electron chi connectivity index (χ3n) is 3.90. The van der Waals surface area contributed by atoms with Crippen molar-refractivity contribution in [3.8, 4) is 11.8 Å². The molecule has 0 fully saturated rings. The number of nitriles is 1. The molecule has 1 aromatic heterocycles. The van der Waals surface area contributed by atoms with Crippen LogP contribution in [-0.2, 0) is 6.54 Å². The molecule has 0 radical (unpaired) electrons. The van der Waals surface area contributed by atoms with Gasteiger partial charge >= 0.3 is 0 Å². The molecule has 0 aliphatic heterocycles. The molecule has 0 saturated heterocycles. The molecule has 3 aromatic rings. The summed E-state index contributed by atoms with van der Waals surface area (Å²) in [5.74, 6) is 0.598. The summed E-state index contributed by atoms with van der Waals surface area (Å²) in [5, 5.41) is 13.7. The van der Waals surface area contributed by atoms with Crippen molar-refractivity contribution in [1.29, 1.82) is 5.26 Å². The van der Waals surface area contributed by atoms with Crippen LogP contribution in [0.5, 0.6) is 5.75 Å². The molecular weight excluding hydrogens is 418 g/mol. The summed E-state index contributed by atoms with van der Waals surface area (Å²) >= 11 is 9.59. The zero-order chi connectivity index (χ0) is 18.7. The fourth-order valence-corrected chi connectivity index (χ4v) is 3.48. The molecule has 0 amide bonds. The van der Waals surface area contributed by atoms with E-state index in [2.05, 4.69) is 32.3 Å². The van der Waals surface area contributed by atoms with Crippen molar-refractivity contribution in [3.05, 3.63) is 62.7 Å². The van der Waals surface area contributed by atoms with E-state index in [4.69, 9.17) is 16.3 Å². The van der Waals surface area contributed by atoms with E-state index in [0.29, 0.717) is 49.5 Å². The highest BCUT2D eigenvalue weighted by Crippen LogP contribution is 2.32. The maximum absolute atomic E-state index is 11.5. The van der Waals surface area contributed by atoms with Gasteiger partial charge in [0.25, 0.3) is 0 Å². The molecule has 1 N–H and O–H groups in total. The standard InChI is InChI=1S/C19H13BrClN3O2/c1-26-17-3-2-11(6-16(17)21)8-23-18-13(10-25)9-24-19-14(18)4-12(7-22)5-15(19)20/h2-6,9-10H,8H2,1H3,(H,23,24). The van der Waals surface area contributed by atoms with Gasteiger partial charge in [-0.25, -0.2) is 0 Å². The Hall–Kier alpha value is -2.62. The molecule has 3 rings (SSSR count). The van der Waals surface area contributed by atoms with Crippen LogP contribution in [-0.4, -0.2) is 18.4 Å². The van der Waals surface area contributed by atoms with Crippen molar-refractivity contribution in [1.82, 2.24) is 4.98 Å². The fourth-order valence-electron chi connectivity index (χ4n) is 2.64. The van der Waals surface area contributed by atoms with Gasteiger partial charge in [0.2, 0.25) is 0 Å². The zero-order valence-corrected chi connectivity index (χ0v) is 16.1. The monoisotopic (exact) mass is 429 g/mol. The molecule has 0 bridgehead atoms. The van der Waals surface area contributed by atoms with Crippen LogP contribution in [0.15, 0.2) is 41.0 Å². The number of pyridine rings is 1. The molecule has 5 nitrogen and oxygen atoms in total. The predicted molar refractivity (Wildman–Crippen MR) is 105 cm³/mol. The van der Waals surface area contributed by atoms with Crippen molar-refractivity contribution < 1.29 is 9.53 Å². The zero-order valence-electron chi connectivity index (χ0n) is 13.7. The maximum Gasteiger partial charge on any atom is 0.153 e. The maximum atomic E-state index is 11.5. The molecule has 7 heteroatoms. The van der Waals surface area contributed by atoms with Crippen LogP contribution in [0, 0.1) is 11.3 Å². The van der Waals surface area contributed by atoms with Gasteiger partial charge in [-0.05, 0) is 45.8 Å². The smallest absolute Gasteiger partial charge is 0.153 e. The van der Waals surface area contributed by atoms with Gasteiger partial charge in [0, 0.05) is 22.6 Å². The number of rotatable bonds is 5. The Labute approximate surface area is 163 Å². The largest absolute Gasteiger partial charge is 0.495 e. The second kappa shape index (κ2) is 7.73. The molecule has 0 saturated carbocycles. The van der Waals surface area contributed by atoms with Gasteiger partial charge in [-0.2, -0.15) is 5.26 Å². The third-order valence-corrected chi connectivity index (χ3v) is 4.80. The summed E-state index contributed by atoms with van der Waals surface area (Å²) in [6.45, 7) is 0.443. The molecule has 2 aromatic carbocycles. The molecular formula is C19H13BrClN3O2. The lowest BCUT2D eigenvalue weighted by Crippen LogP contribution is -2.04. The van der Waals surface area contributed by atoms with Crippen LogP contribution in [0.25, 0.3) is 10.9 Å². The molecule has 0 spiro atoms. The summed E-state index contributed by atoms with van der Waals surface area (Å²) in [4.78, 5) is 15.8. The number of aldehydes is 1. The molecule has 0 aliphatic rings. The SMILES string of the molecule is COc1ccc(CNc2c(C=O)cnc3c(Br)cc(C#N)cc23)cc1Cl. The van der Waals surface area contributed by atoms with Crippen LogP contribution in [0.4, 0.5) is 5.69 Å². The van der Waals surface area contributed by atoms with Crippen molar-refractivity contribution in [3.63, 3.8) is 0 Å². The van der Waals surface area contributed by atoms with E-state index < -0.39 is 0 Å². The minimum atomic E-state index is 0.416. The first-order valence-corrected chi connectivity index (χ1v) is 8.78. The van der Waals surface area contributed by atoms with Crippen molar-refractivity contribution in [2.75, 3.05) is 12.4 Å². The number of anilines is 1. The average Bonchev–Trinajstić information content (AvgIpc) is 2.65. The van der Waals surface area contributed by atoms with Crippen molar-refractivity contribution >= 4 is 50.4 Å². The molecule has 0 aliphatic carbocycles. The molecule has 0 atom stereocenters. The first-order valence-electron chi connectivity index (χ1n) is 7.61. The van der Waals surface area contributed by atoms with Crippen molar-refractivity contribution in [2.24, 2.45) is 0 Å². The van der Waals surface area contributed by atoms with E-state index in [1.807, 2.05) is 6.07 Å². The number of ether oxygens (including phenoxy) is 1. The van der Waals surface area contributed by atoms with E-state index in [1.54, 1.807) is 31.4 Å². The van der Waals surface area contributed by atoms with Gasteiger partial charge in [0.1, 0.15) is 5.75 Å². The van der Waals surface area contributed by atoms with Gasteiger partial charge in [-0.15, -0.1) is 0 Å². The molecule has 0 unspecified atom stereocenters. The average molecular weight is 431 g/mol. The number of benzene rings is 2. The fraction of sp³-hybridized carbons (Fsp3) is 0.105. The van der Waals surface area contributed by atoms with Crippen LogP contribution in [0.2, 0.25) is 5.02 Å². The number of methoxy groups -OCH3 is 1. The normalized spacial score (nSPS) is 10.4. The molecule has 26 heavy (non-hydrogen) atoms. The number of nitrogens with zero attached hydrogens (tertiary/aromatic N) is 2. The first kappa shape index (κ1) is 18.2. The summed E-state index contributed by atoms with van der Waals surface area (Å²) in [5.41, 5.74) is 3.11. The second-order valence-corrected chi connectivity index (χ2v) is 6.76. The van der Waals surface area contributed by atoms with Gasteiger partial charge in [0.15, 0.2) is 6.29 Å². The van der Waals surface area contributed by atoms with E-state index in [1.165, 1.54) is 6.20 Å². The van der Waals surface area contributed by atoms with Gasteiger partial charge in [0.05, 0.1) is 40.5 Å². The Balaban J connectivity index is 2.03. The Morgan fingerprint density at radius 2 is 2.19 bits per heavy atom. The lowest BCUT2D eigenvalue weighted by atomic mass is 10.1. The molecule has 1 heterocycles. The van der Waals surface area contributed by atoms with E-state index in [0.717, 1.165) is 11.8 Å². The van der Waals surface area contributed by atoms with E-state index >= 15 is 0 Å². The van der Waals surface area contributed by atoms with Gasteiger partial charge < -0.3 is 10.1 Å². The van der Waals surface area contributed by atoms with Gasteiger partial charge in [-0.1, -0.05) is 17.7 Å². The minimum Gasteiger partial charge on any atom is -0.495 e. The Morgan fingerprint density at radius 1 is 1.38 bits per heavy atom. The highest BCUT2D eigenvalue weighted by Gasteiger charge is 2.12. The second-order valence-electron chi connectivity index (χ2n) is 5.49. The lowest BCUT2D eigenvalue weighted by Gasteiger charge is -2.14. The summed E-state index contributed by atoms with van der Waals surface area (Å²) in [6, 6.07) is 11.0. The third kappa shape index (κ3) is 3.50. The number of nitrogens with one attached hydrogen (secondary N) is 1. The van der Waals surface area contributed by atoms with Gasteiger partial charge in [-0.3, -0.25) is 9.78 Å². The number of carbonyl (C=O) groups excluding carboxylic acids is 1. The number of halogens is 2. The number of carbonyl (C=O) groups is 1. The number of fused-ring (bicyclic) bond motifs is 1. The number of aromatic nitrogens is 1. The quantitative estimate of drug-likeness (QED) is 0.579. The van der Waals surface area contributed by atoms with Crippen LogP contribution < -0.4 is 10.1 Å². The summed E-state index contributed by atoms with van der Waals surface area (Å²) < 4.78 is 5.85. The topological polar surface area (TPSA) is 75.0 Å². The van der Waals surface area contributed by atoms with Crippen LogP contribution >= 0.6 is 27.5 Å². The summed E-state index contributed by atoms with van der Waals surface area (Å²) in [6.07, 6.45) is 2.25. The van der Waals surface area contributed by atoms with E-state index in [-0.39, 0.29) is 0 Å².